The first-order valence-corrected chi connectivity index (χ1v) is 11.6. The monoisotopic (exact) mass is 426 g/mol. The van der Waals surface area contributed by atoms with Crippen LogP contribution in [0.4, 0.5) is 17.3 Å². The average Bonchev–Trinajstić information content (AvgIpc) is 3.51. The molecule has 2 fully saturated rings. The highest BCUT2D eigenvalue weighted by Gasteiger charge is 2.56. The summed E-state index contributed by atoms with van der Waals surface area (Å²) < 4.78 is 24.9. The highest BCUT2D eigenvalue weighted by molar-refractivity contribution is 7.88. The van der Waals surface area contributed by atoms with Crippen molar-refractivity contribution in [2.75, 3.05) is 23.0 Å². The van der Waals surface area contributed by atoms with Crippen molar-refractivity contribution in [2.24, 2.45) is 11.3 Å². The molecule has 0 radical (unpaired) electrons. The summed E-state index contributed by atoms with van der Waals surface area (Å²) in [6.07, 6.45) is 5.12. The third-order valence-electron chi connectivity index (χ3n) is 5.46. The fraction of sp³-hybridized carbons (Fsp3) is 0.400. The molecule has 2 aromatic heterocycles. The normalized spacial score (nSPS) is 21.5. The van der Waals surface area contributed by atoms with Gasteiger partial charge in [-0.15, -0.1) is 0 Å². The van der Waals surface area contributed by atoms with E-state index in [1.165, 1.54) is 0 Å². The third kappa shape index (κ3) is 4.13. The van der Waals surface area contributed by atoms with Gasteiger partial charge >= 0.3 is 0 Å². The molecule has 9 nitrogen and oxygen atoms in total. The summed E-state index contributed by atoms with van der Waals surface area (Å²) in [5.41, 5.74) is 0.351. The number of anilines is 3. The van der Waals surface area contributed by atoms with Crippen LogP contribution in [0.1, 0.15) is 25.0 Å². The van der Waals surface area contributed by atoms with E-state index in [1.807, 2.05) is 0 Å². The SMILES string of the molecule is CS(=O)(=O)NCc1cccc(Nc2cc(N3CC[C@@](C#N)(C4CC4)C3=O)ccn2)n1. The molecule has 30 heavy (non-hydrogen) atoms. The maximum Gasteiger partial charge on any atom is 0.247 e. The number of nitrogens with zero attached hydrogens (tertiary/aromatic N) is 4. The Bertz CT molecular complexity index is 1130. The predicted octanol–water partition coefficient (Wildman–Crippen LogP) is 1.93. The number of hydrogen-bond donors (Lipinski definition) is 2. The molecule has 2 N–H and O–H groups in total. The van der Waals surface area contributed by atoms with E-state index in [-0.39, 0.29) is 18.4 Å². The molecule has 3 heterocycles. The number of aromatic nitrogens is 2. The maximum absolute atomic E-state index is 13.0. The lowest BCUT2D eigenvalue weighted by Crippen LogP contribution is -2.35. The van der Waals surface area contributed by atoms with Crippen LogP contribution in [0.15, 0.2) is 36.5 Å². The molecule has 0 spiro atoms. The van der Waals surface area contributed by atoms with Gasteiger partial charge in [0, 0.05) is 24.5 Å². The van der Waals surface area contributed by atoms with Crippen LogP contribution in [0.25, 0.3) is 0 Å². The van der Waals surface area contributed by atoms with Crippen LogP contribution >= 0.6 is 0 Å². The Morgan fingerprint density at radius 3 is 2.80 bits per heavy atom. The van der Waals surface area contributed by atoms with Gasteiger partial charge in [0.15, 0.2) is 0 Å². The van der Waals surface area contributed by atoms with Gasteiger partial charge in [-0.05, 0) is 43.4 Å². The Hall–Kier alpha value is -3.03. The minimum Gasteiger partial charge on any atom is -0.325 e. The molecule has 1 saturated carbocycles. The second kappa shape index (κ2) is 7.66. The molecule has 0 aromatic carbocycles. The second-order valence-electron chi connectivity index (χ2n) is 7.70. The van der Waals surface area contributed by atoms with E-state index in [4.69, 9.17) is 0 Å². The van der Waals surface area contributed by atoms with Crippen LogP contribution in [0.5, 0.6) is 0 Å². The lowest BCUT2D eigenvalue weighted by molar-refractivity contribution is -0.123. The molecule has 1 aliphatic heterocycles. The lowest BCUT2D eigenvalue weighted by Gasteiger charge is -2.21. The Morgan fingerprint density at radius 1 is 1.30 bits per heavy atom. The Morgan fingerprint density at radius 2 is 2.10 bits per heavy atom. The van der Waals surface area contributed by atoms with Gasteiger partial charge in [0.25, 0.3) is 0 Å². The van der Waals surface area contributed by atoms with Crippen molar-refractivity contribution in [2.45, 2.75) is 25.8 Å². The molecule has 0 unspecified atom stereocenters. The van der Waals surface area contributed by atoms with E-state index in [9.17, 15) is 18.5 Å². The zero-order chi connectivity index (χ0) is 21.4. The van der Waals surface area contributed by atoms with Crippen LogP contribution < -0.4 is 14.9 Å². The minimum absolute atomic E-state index is 0.0848. The molecule has 156 valence electrons. The van der Waals surface area contributed by atoms with E-state index in [2.05, 4.69) is 26.1 Å². The first kappa shape index (κ1) is 20.3. The first-order valence-electron chi connectivity index (χ1n) is 9.68. The number of pyridine rings is 2. The smallest absolute Gasteiger partial charge is 0.247 e. The summed E-state index contributed by atoms with van der Waals surface area (Å²) in [5, 5.41) is 12.7. The lowest BCUT2D eigenvalue weighted by atomic mass is 9.83. The molecule has 1 aliphatic carbocycles. The first-order chi connectivity index (χ1) is 14.3. The molecule has 10 heteroatoms. The number of nitriles is 1. The van der Waals surface area contributed by atoms with Crippen molar-refractivity contribution < 1.29 is 13.2 Å². The summed E-state index contributed by atoms with van der Waals surface area (Å²) >= 11 is 0. The summed E-state index contributed by atoms with van der Waals surface area (Å²) in [4.78, 5) is 23.3. The number of hydrogen-bond acceptors (Lipinski definition) is 7. The topological polar surface area (TPSA) is 128 Å². The van der Waals surface area contributed by atoms with E-state index in [0.717, 1.165) is 19.1 Å². The van der Waals surface area contributed by atoms with Crippen molar-refractivity contribution in [3.8, 4) is 6.07 Å². The maximum atomic E-state index is 13.0. The van der Waals surface area contributed by atoms with Gasteiger partial charge in [-0.2, -0.15) is 5.26 Å². The average molecular weight is 427 g/mol. The highest BCUT2D eigenvalue weighted by atomic mass is 32.2. The van der Waals surface area contributed by atoms with Crippen LogP contribution in [0, 0.1) is 22.7 Å². The van der Waals surface area contributed by atoms with Crippen molar-refractivity contribution in [1.29, 1.82) is 5.26 Å². The number of carbonyl (C=O) groups is 1. The Kier molecular flexibility index (Phi) is 5.17. The quantitative estimate of drug-likeness (QED) is 0.692. The molecular weight excluding hydrogens is 404 g/mol. The van der Waals surface area contributed by atoms with Crippen LogP contribution in [0.3, 0.4) is 0 Å². The zero-order valence-electron chi connectivity index (χ0n) is 16.5. The molecule has 4 rings (SSSR count). The minimum atomic E-state index is -3.31. The van der Waals surface area contributed by atoms with Gasteiger partial charge in [0.2, 0.25) is 15.9 Å². The summed E-state index contributed by atoms with van der Waals surface area (Å²) in [6, 6.07) is 11.0. The Balaban J connectivity index is 1.50. The summed E-state index contributed by atoms with van der Waals surface area (Å²) in [6.45, 7) is 0.596. The number of sulfonamides is 1. The van der Waals surface area contributed by atoms with Crippen molar-refractivity contribution >= 4 is 33.3 Å². The van der Waals surface area contributed by atoms with E-state index in [1.54, 1.807) is 41.4 Å². The fourth-order valence-corrected chi connectivity index (χ4v) is 4.18. The number of rotatable bonds is 7. The third-order valence-corrected chi connectivity index (χ3v) is 6.13. The Labute approximate surface area is 175 Å². The highest BCUT2D eigenvalue weighted by Crippen LogP contribution is 2.51. The van der Waals surface area contributed by atoms with E-state index in [0.29, 0.717) is 36.0 Å². The molecule has 1 saturated heterocycles. The molecule has 0 bridgehead atoms. The van der Waals surface area contributed by atoms with Crippen LogP contribution in [0.2, 0.25) is 0 Å². The summed E-state index contributed by atoms with van der Waals surface area (Å²) in [5.74, 6) is 1.05. The van der Waals surface area contributed by atoms with Crippen molar-refractivity contribution in [3.05, 3.63) is 42.2 Å². The molecule has 2 aliphatic rings. The van der Waals surface area contributed by atoms with E-state index < -0.39 is 15.4 Å². The van der Waals surface area contributed by atoms with Crippen LogP contribution in [-0.2, 0) is 21.4 Å². The predicted molar refractivity (Wildman–Crippen MR) is 111 cm³/mol. The number of amides is 1. The van der Waals surface area contributed by atoms with Gasteiger partial charge in [-0.3, -0.25) is 4.79 Å². The standard InChI is InChI=1S/C20H22N6O3S/c1-30(28,29)23-12-15-3-2-4-17(24-15)25-18-11-16(7-9-22-18)26-10-8-20(13-21,19(26)27)14-5-6-14/h2-4,7,9,11,14,23H,5-6,8,10,12H2,1H3,(H,22,24,25)/t20-/m1/s1. The van der Waals surface area contributed by atoms with Crippen molar-refractivity contribution in [1.82, 2.24) is 14.7 Å². The van der Waals surface area contributed by atoms with Crippen molar-refractivity contribution in [3.63, 3.8) is 0 Å². The largest absolute Gasteiger partial charge is 0.325 e. The second-order valence-corrected chi connectivity index (χ2v) is 9.53. The molecule has 1 amide bonds. The van der Waals surface area contributed by atoms with Gasteiger partial charge < -0.3 is 10.2 Å². The van der Waals surface area contributed by atoms with Gasteiger partial charge in [0.05, 0.1) is 24.6 Å². The van der Waals surface area contributed by atoms with Gasteiger partial charge in [-0.1, -0.05) is 6.07 Å². The van der Waals surface area contributed by atoms with Gasteiger partial charge in [-0.25, -0.2) is 23.1 Å². The fourth-order valence-electron chi connectivity index (χ4n) is 3.77. The van der Waals surface area contributed by atoms with Gasteiger partial charge in [0.1, 0.15) is 17.1 Å². The zero-order valence-corrected chi connectivity index (χ0v) is 17.3. The summed E-state index contributed by atoms with van der Waals surface area (Å²) in [7, 11) is -3.31. The van der Waals surface area contributed by atoms with E-state index >= 15 is 0 Å². The number of nitrogens with one attached hydrogen (secondary N) is 2. The number of carbonyl (C=O) groups excluding carboxylic acids is 1. The molecule has 1 atom stereocenters. The molecule has 2 aromatic rings. The van der Waals surface area contributed by atoms with Crippen LogP contribution in [-0.4, -0.2) is 37.1 Å². The molecular formula is C20H22N6O3S.